The van der Waals surface area contributed by atoms with Gasteiger partial charge in [-0.1, -0.05) is 146 Å². The second kappa shape index (κ2) is 14.2. The van der Waals surface area contributed by atoms with E-state index in [-0.39, 0.29) is 0 Å². The molecule has 14 aromatic rings. The Balaban J connectivity index is 1.02. The Bertz CT molecular complexity index is 4490. The van der Waals surface area contributed by atoms with Crippen LogP contribution in [0.3, 0.4) is 0 Å². The lowest BCUT2D eigenvalue weighted by Gasteiger charge is -2.35. The first-order valence-electron chi connectivity index (χ1n) is 23.5. The Morgan fingerprint density at radius 2 is 1.03 bits per heavy atom. The number of fused-ring (bicyclic) bond motifs is 13. The molecule has 0 amide bonds. The molecule has 1 aliphatic rings. The highest BCUT2D eigenvalue weighted by Gasteiger charge is 2.42. The third-order valence-electron chi connectivity index (χ3n) is 14.6. The lowest BCUT2D eigenvalue weighted by atomic mass is 9.81. The van der Waals surface area contributed by atoms with Gasteiger partial charge in [0.15, 0.2) is 17.5 Å². The molecule has 7 heteroatoms. The van der Waals surface area contributed by atoms with Crippen molar-refractivity contribution in [2.24, 2.45) is 0 Å². The number of para-hydroxylation sites is 7. The lowest BCUT2D eigenvalue weighted by molar-refractivity contribution is 0.333. The molecule has 324 valence electrons. The highest BCUT2D eigenvalue weighted by Crippen LogP contribution is 2.50. The van der Waals surface area contributed by atoms with Crippen molar-refractivity contribution >= 4 is 92.9 Å². The summed E-state index contributed by atoms with van der Waals surface area (Å²) >= 11 is 0. The van der Waals surface area contributed by atoms with E-state index in [1.165, 1.54) is 21.5 Å². The van der Waals surface area contributed by atoms with E-state index in [4.69, 9.17) is 23.8 Å². The molecule has 0 bridgehead atoms. The van der Waals surface area contributed by atoms with Gasteiger partial charge in [-0.3, -0.25) is 0 Å². The maximum atomic E-state index is 7.19. The van der Waals surface area contributed by atoms with E-state index in [0.717, 1.165) is 99.5 Å². The van der Waals surface area contributed by atoms with E-state index in [2.05, 4.69) is 198 Å². The minimum absolute atomic E-state index is 0.525. The van der Waals surface area contributed by atoms with E-state index in [1.54, 1.807) is 0 Å². The number of hydrogen-bond donors (Lipinski definition) is 0. The Kier molecular flexibility index (Phi) is 7.85. The number of nitrogens with zero attached hydrogens (tertiary/aromatic N) is 5. The van der Waals surface area contributed by atoms with Crippen molar-refractivity contribution in [1.29, 1.82) is 0 Å². The van der Waals surface area contributed by atoms with E-state index < -0.39 is 5.54 Å². The van der Waals surface area contributed by atoms with Crippen molar-refractivity contribution in [3.63, 3.8) is 0 Å². The number of aromatic nitrogens is 5. The molecule has 1 aliphatic carbocycles. The minimum Gasteiger partial charge on any atom is -0.458 e. The third-order valence-corrected chi connectivity index (χ3v) is 14.6. The number of furan rings is 2. The van der Waals surface area contributed by atoms with Crippen LogP contribution in [0, 0.1) is 0 Å². The predicted molar refractivity (Wildman–Crippen MR) is 280 cm³/mol. The van der Waals surface area contributed by atoms with Crippen molar-refractivity contribution in [1.82, 2.24) is 24.1 Å². The van der Waals surface area contributed by atoms with Crippen LogP contribution in [0.5, 0.6) is 0 Å². The fourth-order valence-electron chi connectivity index (χ4n) is 11.5. The van der Waals surface area contributed by atoms with Crippen LogP contribution in [0.2, 0.25) is 0 Å². The quantitative estimate of drug-likeness (QED) is 0.172. The topological polar surface area (TPSA) is 74.8 Å². The smallest absolute Gasteiger partial charge is 0.167 e. The largest absolute Gasteiger partial charge is 0.458 e. The zero-order valence-corrected chi connectivity index (χ0v) is 37.4. The van der Waals surface area contributed by atoms with Crippen LogP contribution in [0.1, 0.15) is 30.5 Å². The molecule has 0 saturated heterocycles. The molecule has 9 aromatic carbocycles. The molecule has 1 atom stereocenters. The first kappa shape index (κ1) is 38.1. The molecule has 1 unspecified atom stereocenters. The van der Waals surface area contributed by atoms with Gasteiger partial charge >= 0.3 is 0 Å². The molecule has 0 saturated carbocycles. The minimum atomic E-state index is -0.636. The Labute approximate surface area is 394 Å². The molecule has 5 aromatic heterocycles. The normalized spacial score (nSPS) is 15.1. The van der Waals surface area contributed by atoms with Gasteiger partial charge < -0.3 is 18.0 Å². The van der Waals surface area contributed by atoms with Crippen LogP contribution in [-0.2, 0) is 5.54 Å². The average Bonchev–Trinajstić information content (AvgIpc) is 4.17. The van der Waals surface area contributed by atoms with Crippen LogP contribution >= 0.6 is 0 Å². The molecule has 15 rings (SSSR count). The van der Waals surface area contributed by atoms with Crippen LogP contribution in [0.15, 0.2) is 215 Å². The number of benzene rings is 9. The molecule has 0 spiro atoms. The van der Waals surface area contributed by atoms with Gasteiger partial charge in [0.2, 0.25) is 0 Å². The van der Waals surface area contributed by atoms with Crippen LogP contribution in [0.25, 0.3) is 121 Å². The zero-order chi connectivity index (χ0) is 45.4. The molecule has 7 nitrogen and oxygen atoms in total. The zero-order valence-electron chi connectivity index (χ0n) is 37.4. The molecule has 5 heterocycles. The predicted octanol–water partition coefficient (Wildman–Crippen LogP) is 15.8. The summed E-state index contributed by atoms with van der Waals surface area (Å²) in [4.78, 5) is 16.5. The van der Waals surface area contributed by atoms with Crippen LogP contribution in [0.4, 0.5) is 0 Å². The van der Waals surface area contributed by atoms with Gasteiger partial charge in [-0.2, -0.15) is 0 Å². The second-order valence-electron chi connectivity index (χ2n) is 18.4. The fraction of sp³-hybridized carbons (Fsp3) is 0.0484. The Morgan fingerprint density at radius 3 is 1.83 bits per heavy atom. The summed E-state index contributed by atoms with van der Waals surface area (Å²) in [6, 6.07) is 70.4. The maximum Gasteiger partial charge on any atom is 0.167 e. The molecular formula is C62H39N5O2. The van der Waals surface area contributed by atoms with Gasteiger partial charge in [0.25, 0.3) is 0 Å². The Morgan fingerprint density at radius 1 is 0.449 bits per heavy atom. The van der Waals surface area contributed by atoms with Gasteiger partial charge in [-0.25, -0.2) is 15.0 Å². The summed E-state index contributed by atoms with van der Waals surface area (Å²) in [5.41, 5.74) is 10.8. The summed E-state index contributed by atoms with van der Waals surface area (Å²) in [5, 5.41) is 10.2. The first-order chi connectivity index (χ1) is 34.1. The SMILES string of the molecule is CC1(n2c3ccccc3c3cc4ccccc4cc32)CC=C(c2nc(-c3cccc4c3oc3ccccc34)nc(-c3cccc4c5ccccc5n(-c5ccccc5)c34)n2)c2c1oc1ccccc21. The van der Waals surface area contributed by atoms with Crippen molar-refractivity contribution in [3.8, 4) is 28.5 Å². The van der Waals surface area contributed by atoms with E-state index in [1.807, 2.05) is 24.3 Å². The molecule has 69 heavy (non-hydrogen) atoms. The van der Waals surface area contributed by atoms with Crippen LogP contribution in [-0.4, -0.2) is 24.1 Å². The van der Waals surface area contributed by atoms with Gasteiger partial charge in [-0.05, 0) is 84.8 Å². The highest BCUT2D eigenvalue weighted by molar-refractivity contribution is 6.15. The van der Waals surface area contributed by atoms with Gasteiger partial charge in [-0.15, -0.1) is 0 Å². The van der Waals surface area contributed by atoms with Gasteiger partial charge in [0, 0.05) is 60.1 Å². The van der Waals surface area contributed by atoms with E-state index in [9.17, 15) is 0 Å². The summed E-state index contributed by atoms with van der Waals surface area (Å²) in [5.74, 6) is 2.51. The van der Waals surface area contributed by atoms with Gasteiger partial charge in [0.05, 0.1) is 27.6 Å². The number of hydrogen-bond acceptors (Lipinski definition) is 5. The Hall–Kier alpha value is -9.07. The molecule has 0 N–H and O–H groups in total. The van der Waals surface area contributed by atoms with E-state index in [0.29, 0.717) is 23.9 Å². The summed E-state index contributed by atoms with van der Waals surface area (Å²) in [6.45, 7) is 2.32. The number of rotatable bonds is 5. The first-order valence-corrected chi connectivity index (χ1v) is 23.5. The van der Waals surface area contributed by atoms with Crippen molar-refractivity contribution in [3.05, 3.63) is 223 Å². The molecule has 0 fully saturated rings. The van der Waals surface area contributed by atoms with Crippen molar-refractivity contribution in [2.75, 3.05) is 0 Å². The summed E-state index contributed by atoms with van der Waals surface area (Å²) in [6.07, 6.45) is 2.95. The third kappa shape index (κ3) is 5.41. The average molecular weight is 886 g/mol. The standard InChI is InChI=1S/C62H39N5O2/c1-62(67-51-30-12-8-22-41(51)49-35-37-17-5-6-18-38(37)36-52(49)67)34-33-46(55-45-24-10-14-32-54(45)69-58(55)62)59-63-60(65-61(64-59)48-28-16-26-44-42-23-9-13-31-53(42)68-57(44)48)47-27-15-25-43-40-21-7-11-29-50(40)66(56(43)47)39-19-3-2-4-20-39/h2-33,35-36H,34H2,1H3. The van der Waals surface area contributed by atoms with Crippen molar-refractivity contribution in [2.45, 2.75) is 18.9 Å². The number of allylic oxidation sites excluding steroid dienone is 1. The van der Waals surface area contributed by atoms with Crippen molar-refractivity contribution < 1.29 is 8.83 Å². The maximum absolute atomic E-state index is 7.19. The van der Waals surface area contributed by atoms with E-state index >= 15 is 0 Å². The summed E-state index contributed by atoms with van der Waals surface area (Å²) in [7, 11) is 0. The highest BCUT2D eigenvalue weighted by atomic mass is 16.3. The monoisotopic (exact) mass is 885 g/mol. The molecule has 0 radical (unpaired) electrons. The molecular weight excluding hydrogens is 847 g/mol. The lowest BCUT2D eigenvalue weighted by Crippen LogP contribution is -2.33. The second-order valence-corrected chi connectivity index (χ2v) is 18.4. The van der Waals surface area contributed by atoms with Gasteiger partial charge in [0.1, 0.15) is 28.0 Å². The van der Waals surface area contributed by atoms with Crippen LogP contribution < -0.4 is 0 Å². The fourth-order valence-corrected chi connectivity index (χ4v) is 11.5. The molecule has 0 aliphatic heterocycles. The summed E-state index contributed by atoms with van der Waals surface area (Å²) < 4.78 is 18.7.